The topological polar surface area (TPSA) is 51.8 Å². The first-order chi connectivity index (χ1) is 7.58. The van der Waals surface area contributed by atoms with Crippen molar-refractivity contribution in [3.63, 3.8) is 0 Å². The molecule has 0 atom stereocenters. The quantitative estimate of drug-likeness (QED) is 0.872. The Morgan fingerprint density at radius 3 is 2.25 bits per heavy atom. The van der Waals surface area contributed by atoms with Crippen LogP contribution >= 0.6 is 15.9 Å². The molecule has 3 nitrogen and oxygen atoms in total. The number of hydrogen-bond acceptors (Lipinski definition) is 3. The van der Waals surface area contributed by atoms with E-state index >= 15 is 0 Å². The molecule has 1 aromatic carbocycles. The highest BCUT2D eigenvalue weighted by molar-refractivity contribution is 9.10. The maximum Gasteiger partial charge on any atom is 0.161 e. The summed E-state index contributed by atoms with van der Waals surface area (Å²) in [6.07, 6.45) is 0. The van der Waals surface area contributed by atoms with Gasteiger partial charge in [-0.15, -0.1) is 0 Å². The van der Waals surface area contributed by atoms with E-state index < -0.39 is 0 Å². The minimum absolute atomic E-state index is 0.547. The van der Waals surface area contributed by atoms with Crippen LogP contribution in [0.3, 0.4) is 0 Å². The average Bonchev–Trinajstić information content (AvgIpc) is 2.26. The highest BCUT2D eigenvalue weighted by atomic mass is 79.9. The monoisotopic (exact) mass is 277 g/mol. The number of nitrogen functional groups attached to an aromatic ring is 1. The van der Waals surface area contributed by atoms with E-state index in [2.05, 4.69) is 25.9 Å². The van der Waals surface area contributed by atoms with Gasteiger partial charge in [0.2, 0.25) is 0 Å². The predicted molar refractivity (Wildman–Crippen MR) is 69.1 cm³/mol. The van der Waals surface area contributed by atoms with Crippen molar-refractivity contribution >= 4 is 21.7 Å². The van der Waals surface area contributed by atoms with Crippen molar-refractivity contribution in [2.45, 2.75) is 13.8 Å². The molecule has 0 radical (unpaired) electrons. The first kappa shape index (κ1) is 11.1. The molecule has 1 heterocycles. The summed E-state index contributed by atoms with van der Waals surface area (Å²) < 4.78 is 1.04. The van der Waals surface area contributed by atoms with Crippen LogP contribution in [0.4, 0.5) is 5.82 Å². The second kappa shape index (κ2) is 4.22. The molecule has 0 aliphatic carbocycles. The maximum absolute atomic E-state index is 5.83. The Morgan fingerprint density at radius 1 is 1.06 bits per heavy atom. The fraction of sp³-hybridized carbons (Fsp3) is 0.167. The number of benzene rings is 1. The zero-order valence-corrected chi connectivity index (χ0v) is 10.7. The van der Waals surface area contributed by atoms with Crippen molar-refractivity contribution in [1.29, 1.82) is 0 Å². The molecule has 2 N–H and O–H groups in total. The highest BCUT2D eigenvalue weighted by Gasteiger charge is 2.06. The number of halogens is 1. The van der Waals surface area contributed by atoms with Crippen LogP contribution in [-0.4, -0.2) is 9.97 Å². The predicted octanol–water partition coefficient (Wildman–Crippen LogP) is 3.11. The van der Waals surface area contributed by atoms with Crippen LogP contribution in [0.15, 0.2) is 28.7 Å². The second-order valence-electron chi connectivity index (χ2n) is 3.65. The molecule has 4 heteroatoms. The average molecular weight is 278 g/mol. The molecular weight excluding hydrogens is 266 g/mol. The molecule has 0 spiro atoms. The number of nitrogens with two attached hydrogens (primary N) is 1. The van der Waals surface area contributed by atoms with Gasteiger partial charge >= 0.3 is 0 Å². The Bertz CT molecular complexity index is 497. The first-order valence-electron chi connectivity index (χ1n) is 4.94. The lowest BCUT2D eigenvalue weighted by Gasteiger charge is -2.06. The number of nitrogens with zero attached hydrogens (tertiary/aromatic N) is 2. The largest absolute Gasteiger partial charge is 0.383 e. The molecule has 0 aliphatic rings. The molecule has 0 saturated heterocycles. The van der Waals surface area contributed by atoms with Gasteiger partial charge < -0.3 is 5.73 Å². The summed E-state index contributed by atoms with van der Waals surface area (Å²) in [6, 6.07) is 7.86. The van der Waals surface area contributed by atoms with Crippen molar-refractivity contribution < 1.29 is 0 Å². The van der Waals surface area contributed by atoms with Crippen LogP contribution < -0.4 is 5.73 Å². The second-order valence-corrected chi connectivity index (χ2v) is 4.57. The number of rotatable bonds is 1. The van der Waals surface area contributed by atoms with Crippen LogP contribution in [0.5, 0.6) is 0 Å². The summed E-state index contributed by atoms with van der Waals surface area (Å²) >= 11 is 3.39. The summed E-state index contributed by atoms with van der Waals surface area (Å²) in [5.74, 6) is 1.22. The van der Waals surface area contributed by atoms with Crippen molar-refractivity contribution in [3.8, 4) is 11.4 Å². The zero-order chi connectivity index (χ0) is 11.7. The van der Waals surface area contributed by atoms with E-state index in [0.717, 1.165) is 21.3 Å². The molecule has 2 aromatic rings. The Morgan fingerprint density at radius 2 is 1.69 bits per heavy atom. The Labute approximate surface area is 103 Å². The van der Waals surface area contributed by atoms with Gasteiger partial charge in [-0.2, -0.15) is 0 Å². The van der Waals surface area contributed by atoms with Gasteiger partial charge in [0.15, 0.2) is 5.82 Å². The van der Waals surface area contributed by atoms with Gasteiger partial charge in [0, 0.05) is 21.3 Å². The summed E-state index contributed by atoms with van der Waals surface area (Å²) in [6.45, 7) is 3.87. The minimum atomic E-state index is 0.547. The zero-order valence-electron chi connectivity index (χ0n) is 9.16. The molecule has 1 aromatic heterocycles. The summed E-state index contributed by atoms with van der Waals surface area (Å²) in [5.41, 5.74) is 8.67. The molecule has 0 amide bonds. The molecule has 0 saturated carbocycles. The normalized spacial score (nSPS) is 10.4. The molecule has 0 bridgehead atoms. The van der Waals surface area contributed by atoms with Gasteiger partial charge in [0.25, 0.3) is 0 Å². The summed E-state index contributed by atoms with van der Waals surface area (Å²) in [5, 5.41) is 0. The van der Waals surface area contributed by atoms with E-state index in [1.54, 1.807) is 0 Å². The Hall–Kier alpha value is -1.42. The fourth-order valence-corrected chi connectivity index (χ4v) is 1.64. The van der Waals surface area contributed by atoms with E-state index in [1.165, 1.54) is 0 Å². The lowest BCUT2D eigenvalue weighted by molar-refractivity contribution is 1.08. The van der Waals surface area contributed by atoms with Crippen molar-refractivity contribution in [1.82, 2.24) is 9.97 Å². The van der Waals surface area contributed by atoms with Crippen LogP contribution in [0, 0.1) is 13.8 Å². The number of aromatic nitrogens is 2. The van der Waals surface area contributed by atoms with E-state index in [-0.39, 0.29) is 0 Å². The lowest BCUT2D eigenvalue weighted by atomic mass is 10.2. The maximum atomic E-state index is 5.83. The summed E-state index contributed by atoms with van der Waals surface area (Å²) in [7, 11) is 0. The third kappa shape index (κ3) is 2.07. The number of aryl methyl sites for hydroxylation is 1. The van der Waals surface area contributed by atoms with Crippen molar-refractivity contribution in [3.05, 3.63) is 40.0 Å². The molecule has 0 aliphatic heterocycles. The van der Waals surface area contributed by atoms with E-state index in [9.17, 15) is 0 Å². The van der Waals surface area contributed by atoms with Crippen LogP contribution in [0.2, 0.25) is 0 Å². The third-order valence-electron chi connectivity index (χ3n) is 2.53. The Balaban J connectivity index is 2.52. The van der Waals surface area contributed by atoms with Gasteiger partial charge in [-0.3, -0.25) is 0 Å². The minimum Gasteiger partial charge on any atom is -0.383 e. The van der Waals surface area contributed by atoms with Crippen molar-refractivity contribution in [2.75, 3.05) is 5.73 Å². The van der Waals surface area contributed by atoms with Crippen molar-refractivity contribution in [2.24, 2.45) is 0 Å². The SMILES string of the molecule is Cc1nc(-c2ccc(Br)cc2)nc(N)c1C. The van der Waals surface area contributed by atoms with Gasteiger partial charge in [-0.05, 0) is 26.0 Å². The number of hydrogen-bond donors (Lipinski definition) is 1. The standard InChI is InChI=1S/C12H12BrN3/c1-7-8(2)15-12(16-11(7)14)9-3-5-10(13)6-4-9/h3-6H,1-2H3,(H2,14,15,16). The molecule has 0 unspecified atom stereocenters. The van der Waals surface area contributed by atoms with E-state index in [1.807, 2.05) is 38.1 Å². The molecular formula is C12H12BrN3. The smallest absolute Gasteiger partial charge is 0.161 e. The first-order valence-corrected chi connectivity index (χ1v) is 5.74. The lowest BCUT2D eigenvalue weighted by Crippen LogP contribution is -2.01. The number of anilines is 1. The van der Waals surface area contributed by atoms with Gasteiger partial charge in [-0.25, -0.2) is 9.97 Å². The molecule has 2 rings (SSSR count). The van der Waals surface area contributed by atoms with Crippen LogP contribution in [0.25, 0.3) is 11.4 Å². The molecule has 0 fully saturated rings. The van der Waals surface area contributed by atoms with Crippen LogP contribution in [0.1, 0.15) is 11.3 Å². The molecule has 82 valence electrons. The van der Waals surface area contributed by atoms with E-state index in [0.29, 0.717) is 11.6 Å². The third-order valence-corrected chi connectivity index (χ3v) is 3.06. The van der Waals surface area contributed by atoms with Gasteiger partial charge in [0.05, 0.1) is 0 Å². The Kier molecular flexibility index (Phi) is 2.92. The van der Waals surface area contributed by atoms with Gasteiger partial charge in [-0.1, -0.05) is 28.1 Å². The van der Waals surface area contributed by atoms with Crippen LogP contribution in [-0.2, 0) is 0 Å². The summed E-state index contributed by atoms with van der Waals surface area (Å²) in [4.78, 5) is 8.71. The molecule has 16 heavy (non-hydrogen) atoms. The van der Waals surface area contributed by atoms with E-state index in [4.69, 9.17) is 5.73 Å². The fourth-order valence-electron chi connectivity index (χ4n) is 1.38. The highest BCUT2D eigenvalue weighted by Crippen LogP contribution is 2.21. The van der Waals surface area contributed by atoms with Gasteiger partial charge in [0.1, 0.15) is 5.82 Å².